The molecule has 82 valence electrons. The Morgan fingerprint density at radius 2 is 2.19 bits per heavy atom. The van der Waals surface area contributed by atoms with E-state index in [0.717, 1.165) is 17.5 Å². The summed E-state index contributed by atoms with van der Waals surface area (Å²) in [5.41, 5.74) is 1.75. The van der Waals surface area contributed by atoms with Crippen LogP contribution in [0.25, 0.3) is 0 Å². The predicted molar refractivity (Wildman–Crippen MR) is 60.0 cm³/mol. The minimum atomic E-state index is 0.156. The molecule has 0 saturated carbocycles. The van der Waals surface area contributed by atoms with E-state index in [-0.39, 0.29) is 12.4 Å². The van der Waals surface area contributed by atoms with Gasteiger partial charge in [-0.05, 0) is 24.1 Å². The quantitative estimate of drug-likeness (QED) is 0.723. The van der Waals surface area contributed by atoms with E-state index in [9.17, 15) is 4.79 Å². The lowest BCUT2D eigenvalue weighted by atomic mass is 10.1. The van der Waals surface area contributed by atoms with Crippen LogP contribution in [0.4, 0.5) is 0 Å². The van der Waals surface area contributed by atoms with Gasteiger partial charge in [-0.2, -0.15) is 0 Å². The first kappa shape index (κ1) is 10.6. The number of ketones is 1. The first-order chi connectivity index (χ1) is 7.76. The molecule has 0 radical (unpaired) electrons. The maximum Gasteiger partial charge on any atom is 0.163 e. The Morgan fingerprint density at radius 3 is 2.88 bits per heavy atom. The van der Waals surface area contributed by atoms with Crippen LogP contribution in [0.5, 0.6) is 11.5 Å². The highest BCUT2D eigenvalue weighted by molar-refractivity contribution is 6.01. The fourth-order valence-corrected chi connectivity index (χ4v) is 1.84. The molecule has 1 aliphatic rings. The number of aryl methyl sites for hydroxylation is 1. The number of benzene rings is 1. The zero-order valence-electron chi connectivity index (χ0n) is 9.08. The number of hydrogen-bond acceptors (Lipinski definition) is 3. The summed E-state index contributed by atoms with van der Waals surface area (Å²) in [5.74, 6) is 3.70. The maximum atomic E-state index is 11.6. The zero-order chi connectivity index (χ0) is 11.5. The van der Waals surface area contributed by atoms with Gasteiger partial charge in [0.15, 0.2) is 17.3 Å². The largest absolute Gasteiger partial charge is 0.493 e. The average Bonchev–Trinajstić information content (AvgIpc) is 2.66. The van der Waals surface area contributed by atoms with Crippen molar-refractivity contribution in [2.45, 2.75) is 12.8 Å². The predicted octanol–water partition coefficient (Wildman–Crippen LogP) is 1.84. The van der Waals surface area contributed by atoms with Gasteiger partial charge >= 0.3 is 0 Å². The molecule has 3 heteroatoms. The monoisotopic (exact) mass is 216 g/mol. The van der Waals surface area contributed by atoms with Gasteiger partial charge < -0.3 is 9.47 Å². The van der Waals surface area contributed by atoms with Crippen molar-refractivity contribution in [1.29, 1.82) is 0 Å². The molecule has 0 fully saturated rings. The van der Waals surface area contributed by atoms with Crippen molar-refractivity contribution in [3.8, 4) is 23.8 Å². The molecule has 0 saturated heterocycles. The molecule has 16 heavy (non-hydrogen) atoms. The van der Waals surface area contributed by atoms with Crippen LogP contribution in [0, 0.1) is 12.3 Å². The summed E-state index contributed by atoms with van der Waals surface area (Å²) < 4.78 is 10.5. The van der Waals surface area contributed by atoms with Crippen LogP contribution < -0.4 is 9.47 Å². The van der Waals surface area contributed by atoms with E-state index in [2.05, 4.69) is 5.92 Å². The highest BCUT2D eigenvalue weighted by Crippen LogP contribution is 2.34. The number of rotatable bonds is 3. The Morgan fingerprint density at radius 1 is 1.38 bits per heavy atom. The molecule has 2 rings (SSSR count). The minimum Gasteiger partial charge on any atom is -0.493 e. The van der Waals surface area contributed by atoms with E-state index >= 15 is 0 Å². The number of carbonyl (C=O) groups excluding carboxylic acids is 1. The van der Waals surface area contributed by atoms with Gasteiger partial charge in [0, 0.05) is 12.0 Å². The van der Waals surface area contributed by atoms with Gasteiger partial charge in [0.25, 0.3) is 0 Å². The molecule has 0 N–H and O–H groups in total. The Labute approximate surface area is 94.4 Å². The Bertz CT molecular complexity index is 469. The van der Waals surface area contributed by atoms with Gasteiger partial charge in [0.2, 0.25) is 0 Å². The van der Waals surface area contributed by atoms with Crippen LogP contribution in [0.15, 0.2) is 12.1 Å². The van der Waals surface area contributed by atoms with Crippen molar-refractivity contribution in [3.05, 3.63) is 23.3 Å². The topological polar surface area (TPSA) is 35.5 Å². The number of methoxy groups -OCH3 is 1. The summed E-state index contributed by atoms with van der Waals surface area (Å²) >= 11 is 0. The second-order valence-corrected chi connectivity index (χ2v) is 3.58. The molecule has 0 amide bonds. The molecule has 0 aliphatic heterocycles. The molecular weight excluding hydrogens is 204 g/mol. The molecule has 0 unspecified atom stereocenters. The number of ether oxygens (including phenoxy) is 2. The normalized spacial score (nSPS) is 13.1. The van der Waals surface area contributed by atoms with Gasteiger partial charge in [-0.15, -0.1) is 6.42 Å². The van der Waals surface area contributed by atoms with Crippen LogP contribution in [-0.4, -0.2) is 19.5 Å². The van der Waals surface area contributed by atoms with Crippen LogP contribution in [0.2, 0.25) is 0 Å². The number of Topliss-reactive ketones (excluding diaryl/α,β-unsaturated/α-hetero) is 1. The van der Waals surface area contributed by atoms with E-state index in [0.29, 0.717) is 17.9 Å². The molecular formula is C13H12O3. The lowest BCUT2D eigenvalue weighted by molar-refractivity contribution is 0.0994. The van der Waals surface area contributed by atoms with Crippen molar-refractivity contribution >= 4 is 5.78 Å². The van der Waals surface area contributed by atoms with Crippen molar-refractivity contribution in [2.75, 3.05) is 13.7 Å². The van der Waals surface area contributed by atoms with Crippen molar-refractivity contribution < 1.29 is 14.3 Å². The third-order valence-corrected chi connectivity index (χ3v) is 2.62. The van der Waals surface area contributed by atoms with Gasteiger partial charge in [-0.3, -0.25) is 4.79 Å². The second-order valence-electron chi connectivity index (χ2n) is 3.58. The molecule has 1 aromatic rings. The molecule has 0 atom stereocenters. The Balaban J connectivity index is 2.40. The van der Waals surface area contributed by atoms with Crippen molar-refractivity contribution in [2.24, 2.45) is 0 Å². The lowest BCUT2D eigenvalue weighted by Crippen LogP contribution is -1.99. The SMILES string of the molecule is C#CCOc1cc2c(cc1OC)CCC2=O. The maximum absolute atomic E-state index is 11.6. The lowest BCUT2D eigenvalue weighted by Gasteiger charge is -2.10. The van der Waals surface area contributed by atoms with E-state index in [4.69, 9.17) is 15.9 Å². The Hall–Kier alpha value is -1.95. The standard InChI is InChI=1S/C13H12O3/c1-3-6-16-13-8-10-9(4-5-11(10)14)7-12(13)15-2/h1,7-8H,4-6H2,2H3. The third kappa shape index (κ3) is 1.74. The molecule has 0 aromatic heterocycles. The molecule has 3 nitrogen and oxygen atoms in total. The third-order valence-electron chi connectivity index (χ3n) is 2.62. The van der Waals surface area contributed by atoms with Gasteiger partial charge in [-0.1, -0.05) is 5.92 Å². The number of fused-ring (bicyclic) bond motifs is 1. The fourth-order valence-electron chi connectivity index (χ4n) is 1.84. The second kappa shape index (κ2) is 4.28. The minimum absolute atomic E-state index is 0.156. The van der Waals surface area contributed by atoms with E-state index in [1.54, 1.807) is 13.2 Å². The smallest absolute Gasteiger partial charge is 0.163 e. The summed E-state index contributed by atoms with van der Waals surface area (Å²) in [4.78, 5) is 11.6. The zero-order valence-corrected chi connectivity index (χ0v) is 9.08. The van der Waals surface area contributed by atoms with Crippen LogP contribution in [-0.2, 0) is 6.42 Å². The van der Waals surface area contributed by atoms with Crippen LogP contribution in [0.3, 0.4) is 0 Å². The number of hydrogen-bond donors (Lipinski definition) is 0. The van der Waals surface area contributed by atoms with Gasteiger partial charge in [0.05, 0.1) is 7.11 Å². The number of carbonyl (C=O) groups is 1. The average molecular weight is 216 g/mol. The van der Waals surface area contributed by atoms with E-state index in [1.807, 2.05) is 6.07 Å². The highest BCUT2D eigenvalue weighted by Gasteiger charge is 2.22. The molecule has 0 spiro atoms. The van der Waals surface area contributed by atoms with E-state index in [1.165, 1.54) is 0 Å². The summed E-state index contributed by atoms with van der Waals surface area (Å²) in [5, 5.41) is 0. The van der Waals surface area contributed by atoms with Gasteiger partial charge in [0.1, 0.15) is 6.61 Å². The molecule has 1 aliphatic carbocycles. The van der Waals surface area contributed by atoms with Crippen molar-refractivity contribution in [3.63, 3.8) is 0 Å². The highest BCUT2D eigenvalue weighted by atomic mass is 16.5. The molecule has 1 aromatic carbocycles. The van der Waals surface area contributed by atoms with Crippen LogP contribution >= 0.6 is 0 Å². The van der Waals surface area contributed by atoms with E-state index < -0.39 is 0 Å². The summed E-state index contributed by atoms with van der Waals surface area (Å²) in [7, 11) is 1.57. The molecule has 0 bridgehead atoms. The first-order valence-electron chi connectivity index (χ1n) is 5.06. The van der Waals surface area contributed by atoms with Crippen LogP contribution in [0.1, 0.15) is 22.3 Å². The van der Waals surface area contributed by atoms with Crippen molar-refractivity contribution in [1.82, 2.24) is 0 Å². The van der Waals surface area contributed by atoms with Gasteiger partial charge in [-0.25, -0.2) is 0 Å². The Kier molecular flexibility index (Phi) is 2.82. The summed E-state index contributed by atoms with van der Waals surface area (Å²) in [6.07, 6.45) is 6.47. The number of terminal acetylenes is 1. The molecule has 0 heterocycles. The summed E-state index contributed by atoms with van der Waals surface area (Å²) in [6, 6.07) is 3.58. The fraction of sp³-hybridized carbons (Fsp3) is 0.308. The first-order valence-corrected chi connectivity index (χ1v) is 5.06. The summed E-state index contributed by atoms with van der Waals surface area (Å²) in [6.45, 7) is 0.170.